The Morgan fingerprint density at radius 3 is 2.73 bits per heavy atom. The van der Waals surface area contributed by atoms with Crippen LogP contribution < -0.4 is 10.6 Å². The maximum atomic E-state index is 13.9. The van der Waals surface area contributed by atoms with Crippen molar-refractivity contribution in [1.82, 2.24) is 15.5 Å². The average Bonchev–Trinajstić information content (AvgIpc) is 3.03. The molecule has 7 heteroatoms. The van der Waals surface area contributed by atoms with Crippen molar-refractivity contribution in [2.24, 2.45) is 11.3 Å². The molecule has 0 aliphatic carbocycles. The third-order valence-corrected chi connectivity index (χ3v) is 5.72. The number of alkyl halides is 3. The second-order valence-corrected chi connectivity index (χ2v) is 7.58. The highest BCUT2D eigenvalue weighted by Crippen LogP contribution is 2.46. The largest absolute Gasteiger partial charge is 0.404 e. The first-order valence-corrected chi connectivity index (χ1v) is 9.16. The van der Waals surface area contributed by atoms with Crippen LogP contribution in [-0.2, 0) is 11.3 Å². The number of amides is 1. The van der Waals surface area contributed by atoms with Crippen LogP contribution in [0.2, 0.25) is 0 Å². The van der Waals surface area contributed by atoms with E-state index in [1.165, 1.54) is 0 Å². The third kappa shape index (κ3) is 3.88. The molecule has 2 heterocycles. The van der Waals surface area contributed by atoms with Crippen LogP contribution in [0.25, 0.3) is 0 Å². The van der Waals surface area contributed by atoms with Crippen molar-refractivity contribution in [3.8, 4) is 0 Å². The second kappa shape index (κ2) is 7.56. The van der Waals surface area contributed by atoms with Crippen LogP contribution in [0.15, 0.2) is 30.3 Å². The molecule has 2 N–H and O–H groups in total. The van der Waals surface area contributed by atoms with Crippen LogP contribution >= 0.6 is 0 Å². The minimum absolute atomic E-state index is 0.173. The summed E-state index contributed by atoms with van der Waals surface area (Å²) in [6.45, 7) is 3.74. The first-order chi connectivity index (χ1) is 12.3. The fraction of sp³-hybridized carbons (Fsp3) is 0.632. The van der Waals surface area contributed by atoms with Gasteiger partial charge in [-0.05, 0) is 37.4 Å². The summed E-state index contributed by atoms with van der Waals surface area (Å²) in [6, 6.07) is 9.14. The van der Waals surface area contributed by atoms with Gasteiger partial charge in [0.2, 0.25) is 5.91 Å². The quantitative estimate of drug-likeness (QED) is 0.857. The van der Waals surface area contributed by atoms with E-state index in [2.05, 4.69) is 10.6 Å². The van der Waals surface area contributed by atoms with Gasteiger partial charge in [0, 0.05) is 25.7 Å². The van der Waals surface area contributed by atoms with Gasteiger partial charge in [-0.15, -0.1) is 0 Å². The molecule has 2 aliphatic heterocycles. The summed E-state index contributed by atoms with van der Waals surface area (Å²) in [4.78, 5) is 14.5. The van der Waals surface area contributed by atoms with E-state index in [1.54, 1.807) is 4.90 Å². The number of benzene rings is 1. The molecule has 4 nitrogen and oxygen atoms in total. The van der Waals surface area contributed by atoms with Crippen LogP contribution in [0.4, 0.5) is 13.2 Å². The monoisotopic (exact) mass is 369 g/mol. The predicted octanol–water partition coefficient (Wildman–Crippen LogP) is 2.56. The molecule has 2 aliphatic rings. The van der Waals surface area contributed by atoms with Gasteiger partial charge in [0.1, 0.15) is 0 Å². The van der Waals surface area contributed by atoms with E-state index in [-0.39, 0.29) is 31.5 Å². The Morgan fingerprint density at radius 2 is 2.08 bits per heavy atom. The predicted molar refractivity (Wildman–Crippen MR) is 93.4 cm³/mol. The van der Waals surface area contributed by atoms with Gasteiger partial charge in [-0.3, -0.25) is 9.69 Å². The highest BCUT2D eigenvalue weighted by Gasteiger charge is 2.63. The normalized spacial score (nSPS) is 30.3. The molecule has 1 amide bonds. The number of likely N-dealkylation sites (tertiary alicyclic amines) is 1. The minimum atomic E-state index is -4.56. The molecule has 0 radical (unpaired) electrons. The van der Waals surface area contributed by atoms with Gasteiger partial charge in [0.05, 0.1) is 0 Å². The lowest BCUT2D eigenvalue weighted by Gasteiger charge is -2.36. The second-order valence-electron chi connectivity index (χ2n) is 7.58. The zero-order valence-electron chi connectivity index (χ0n) is 15.0. The number of rotatable bonds is 4. The van der Waals surface area contributed by atoms with Crippen molar-refractivity contribution in [3.05, 3.63) is 35.9 Å². The number of halogens is 3. The molecule has 0 spiro atoms. The number of hydrogen-bond donors (Lipinski definition) is 2. The Hall–Kier alpha value is -1.60. The molecule has 0 bridgehead atoms. The van der Waals surface area contributed by atoms with Crippen LogP contribution in [0.3, 0.4) is 0 Å². The number of nitrogens with one attached hydrogen (secondary N) is 2. The summed E-state index contributed by atoms with van der Waals surface area (Å²) in [7, 11) is 0. The Bertz CT molecular complexity index is 622. The average molecular weight is 369 g/mol. The molecule has 2 saturated heterocycles. The van der Waals surface area contributed by atoms with Crippen LogP contribution in [-0.4, -0.2) is 49.2 Å². The first kappa shape index (κ1) is 19.2. The van der Waals surface area contributed by atoms with Gasteiger partial charge < -0.3 is 10.6 Å². The van der Waals surface area contributed by atoms with E-state index in [1.807, 2.05) is 37.3 Å². The Balaban J connectivity index is 1.72. The molecule has 26 heavy (non-hydrogen) atoms. The maximum Gasteiger partial charge on any atom is 0.404 e. The van der Waals surface area contributed by atoms with Gasteiger partial charge in [0.15, 0.2) is 5.41 Å². The Kier molecular flexibility index (Phi) is 5.58. The molecule has 3 atom stereocenters. The van der Waals surface area contributed by atoms with Gasteiger partial charge >= 0.3 is 6.18 Å². The highest BCUT2D eigenvalue weighted by atomic mass is 19.4. The van der Waals surface area contributed by atoms with Gasteiger partial charge in [0.25, 0.3) is 0 Å². The lowest BCUT2D eigenvalue weighted by Crippen LogP contribution is -2.58. The summed E-state index contributed by atoms with van der Waals surface area (Å²) in [5.74, 6) is -0.701. The van der Waals surface area contributed by atoms with Crippen molar-refractivity contribution in [2.75, 3.05) is 26.2 Å². The Labute approximate surface area is 152 Å². The highest BCUT2D eigenvalue weighted by molar-refractivity contribution is 5.84. The van der Waals surface area contributed by atoms with E-state index >= 15 is 0 Å². The van der Waals surface area contributed by atoms with Crippen molar-refractivity contribution >= 4 is 5.91 Å². The van der Waals surface area contributed by atoms with Crippen molar-refractivity contribution < 1.29 is 18.0 Å². The van der Waals surface area contributed by atoms with Crippen molar-refractivity contribution in [1.29, 1.82) is 0 Å². The first-order valence-electron chi connectivity index (χ1n) is 9.16. The van der Waals surface area contributed by atoms with E-state index in [0.29, 0.717) is 13.1 Å². The summed E-state index contributed by atoms with van der Waals surface area (Å²) < 4.78 is 41.8. The van der Waals surface area contributed by atoms with E-state index in [9.17, 15) is 18.0 Å². The standard InChI is InChI=1S/C19H26F3N3O/c1-14-7-9-23-11-16(14)24-17(26)18(19(20,21)22)8-10-25(13-18)12-15-5-3-2-4-6-15/h2-6,14,16,23H,7-13H2,1H3,(H,24,26). The van der Waals surface area contributed by atoms with Gasteiger partial charge in [-0.2, -0.15) is 13.2 Å². The smallest absolute Gasteiger partial charge is 0.351 e. The maximum absolute atomic E-state index is 13.9. The summed E-state index contributed by atoms with van der Waals surface area (Å²) in [5, 5.41) is 5.84. The number of hydrogen-bond acceptors (Lipinski definition) is 3. The van der Waals surface area contributed by atoms with Gasteiger partial charge in [-0.25, -0.2) is 0 Å². The van der Waals surface area contributed by atoms with Crippen LogP contribution in [0, 0.1) is 11.3 Å². The van der Waals surface area contributed by atoms with Gasteiger partial charge in [-0.1, -0.05) is 37.3 Å². The van der Waals surface area contributed by atoms with E-state index < -0.39 is 17.5 Å². The van der Waals surface area contributed by atoms with E-state index in [0.717, 1.165) is 18.5 Å². The third-order valence-electron chi connectivity index (χ3n) is 5.72. The molecule has 3 unspecified atom stereocenters. The lowest BCUT2D eigenvalue weighted by molar-refractivity contribution is -0.218. The fourth-order valence-electron chi connectivity index (χ4n) is 3.90. The molecule has 144 valence electrons. The molecular weight excluding hydrogens is 343 g/mol. The molecule has 0 saturated carbocycles. The molecule has 1 aromatic carbocycles. The molecule has 3 rings (SSSR count). The number of carbonyl (C=O) groups excluding carboxylic acids is 1. The zero-order chi connectivity index (χ0) is 18.8. The molecule has 1 aromatic rings. The molecular formula is C19H26F3N3O. The fourth-order valence-corrected chi connectivity index (χ4v) is 3.90. The number of nitrogens with zero attached hydrogens (tertiary/aromatic N) is 1. The number of carbonyl (C=O) groups is 1. The lowest BCUT2D eigenvalue weighted by atomic mass is 9.84. The van der Waals surface area contributed by atoms with Crippen LogP contribution in [0.1, 0.15) is 25.3 Å². The zero-order valence-corrected chi connectivity index (χ0v) is 15.0. The van der Waals surface area contributed by atoms with Crippen molar-refractivity contribution in [2.45, 2.75) is 38.5 Å². The topological polar surface area (TPSA) is 44.4 Å². The molecule has 0 aromatic heterocycles. The van der Waals surface area contributed by atoms with E-state index in [4.69, 9.17) is 0 Å². The number of piperidine rings is 1. The molecule has 2 fully saturated rings. The summed E-state index contributed by atoms with van der Waals surface area (Å²) in [5.41, 5.74) is -1.37. The summed E-state index contributed by atoms with van der Waals surface area (Å²) in [6.07, 6.45) is -3.90. The Morgan fingerprint density at radius 1 is 1.35 bits per heavy atom. The minimum Gasteiger partial charge on any atom is -0.351 e. The van der Waals surface area contributed by atoms with Crippen molar-refractivity contribution in [3.63, 3.8) is 0 Å². The SMILES string of the molecule is CC1CCNCC1NC(=O)C1(C(F)(F)F)CCN(Cc2ccccc2)C1. The summed E-state index contributed by atoms with van der Waals surface area (Å²) >= 11 is 0. The van der Waals surface area contributed by atoms with Crippen LogP contribution in [0.5, 0.6) is 0 Å².